The van der Waals surface area contributed by atoms with Gasteiger partial charge in [0, 0.05) is 11.8 Å². The molecule has 0 amide bonds. The van der Waals surface area contributed by atoms with E-state index in [2.05, 4.69) is 4.98 Å². The van der Waals surface area contributed by atoms with Crippen molar-refractivity contribution in [3.8, 4) is 5.88 Å². The van der Waals surface area contributed by atoms with Crippen LogP contribution in [0.1, 0.15) is 11.1 Å². The fraction of sp³-hybridized carbons (Fsp3) is 0.333. The highest BCUT2D eigenvalue weighted by molar-refractivity contribution is 5.70. The van der Waals surface area contributed by atoms with Crippen LogP contribution in [0.15, 0.2) is 12.3 Å². The first-order chi connectivity index (χ1) is 6.15. The quantitative estimate of drug-likeness (QED) is 0.756. The Kier molecular flexibility index (Phi) is 2.84. The topological polar surface area (TPSA) is 59.4 Å². The van der Waals surface area contributed by atoms with E-state index >= 15 is 0 Å². The van der Waals surface area contributed by atoms with Crippen LogP contribution in [-0.4, -0.2) is 23.2 Å². The number of aliphatic carboxylic acids is 1. The number of hydrogen-bond acceptors (Lipinski definition) is 3. The number of rotatable bonds is 3. The number of pyridine rings is 1. The number of aromatic nitrogens is 1. The third-order valence-electron chi connectivity index (χ3n) is 1.81. The van der Waals surface area contributed by atoms with Gasteiger partial charge in [0.05, 0.1) is 13.5 Å². The molecule has 1 rings (SSSR count). The smallest absolute Gasteiger partial charge is 0.307 e. The van der Waals surface area contributed by atoms with Crippen molar-refractivity contribution in [3.63, 3.8) is 0 Å². The van der Waals surface area contributed by atoms with Gasteiger partial charge in [-0.15, -0.1) is 0 Å². The molecule has 0 spiro atoms. The molecule has 1 heterocycles. The van der Waals surface area contributed by atoms with Gasteiger partial charge in [0.15, 0.2) is 0 Å². The number of nitrogens with zero attached hydrogens (tertiary/aromatic N) is 1. The minimum atomic E-state index is -0.851. The van der Waals surface area contributed by atoms with Crippen LogP contribution in [0.2, 0.25) is 0 Å². The number of carboxylic acid groups (broad SMARTS) is 1. The molecule has 13 heavy (non-hydrogen) atoms. The number of hydrogen-bond donors (Lipinski definition) is 1. The Morgan fingerprint density at radius 1 is 1.69 bits per heavy atom. The van der Waals surface area contributed by atoms with Crippen molar-refractivity contribution in [2.75, 3.05) is 7.11 Å². The lowest BCUT2D eigenvalue weighted by Gasteiger charge is -2.06. The third-order valence-corrected chi connectivity index (χ3v) is 1.81. The standard InChI is InChI=1S/C9H11NO3/c1-6-7(5-8(11)12)3-4-10-9(6)13-2/h3-4H,5H2,1-2H3,(H,11,12). The monoisotopic (exact) mass is 181 g/mol. The zero-order valence-corrected chi connectivity index (χ0v) is 7.57. The van der Waals surface area contributed by atoms with E-state index in [4.69, 9.17) is 9.84 Å². The molecule has 1 aromatic rings. The molecule has 4 heteroatoms. The lowest BCUT2D eigenvalue weighted by atomic mass is 10.1. The lowest BCUT2D eigenvalue weighted by Crippen LogP contribution is -2.03. The van der Waals surface area contributed by atoms with Gasteiger partial charge in [-0.05, 0) is 18.6 Å². The van der Waals surface area contributed by atoms with E-state index in [1.807, 2.05) is 0 Å². The first-order valence-electron chi connectivity index (χ1n) is 3.85. The maximum atomic E-state index is 10.5. The van der Waals surface area contributed by atoms with Crippen LogP contribution < -0.4 is 4.74 Å². The van der Waals surface area contributed by atoms with Crippen LogP contribution in [0, 0.1) is 6.92 Å². The first-order valence-corrected chi connectivity index (χ1v) is 3.85. The van der Waals surface area contributed by atoms with E-state index in [1.165, 1.54) is 7.11 Å². The SMILES string of the molecule is COc1nccc(CC(=O)O)c1C. The molecule has 0 radical (unpaired) electrons. The summed E-state index contributed by atoms with van der Waals surface area (Å²) in [5.41, 5.74) is 1.52. The van der Waals surface area contributed by atoms with Gasteiger partial charge >= 0.3 is 5.97 Å². The molecule has 0 atom stereocenters. The van der Waals surface area contributed by atoms with Crippen molar-refractivity contribution in [1.82, 2.24) is 4.98 Å². The molecule has 0 unspecified atom stereocenters. The average molecular weight is 181 g/mol. The van der Waals surface area contributed by atoms with Gasteiger partial charge in [-0.1, -0.05) is 0 Å². The predicted molar refractivity (Wildman–Crippen MR) is 46.9 cm³/mol. The second-order valence-electron chi connectivity index (χ2n) is 2.67. The van der Waals surface area contributed by atoms with Crippen molar-refractivity contribution in [3.05, 3.63) is 23.4 Å². The maximum absolute atomic E-state index is 10.5. The van der Waals surface area contributed by atoms with Crippen molar-refractivity contribution in [1.29, 1.82) is 0 Å². The summed E-state index contributed by atoms with van der Waals surface area (Å²) in [6, 6.07) is 1.69. The molecule has 0 aliphatic rings. The minimum absolute atomic E-state index is 0.00468. The summed E-state index contributed by atoms with van der Waals surface area (Å²) < 4.78 is 4.96. The molecule has 0 fully saturated rings. The predicted octanol–water partition coefficient (Wildman–Crippen LogP) is 1.03. The van der Waals surface area contributed by atoms with E-state index < -0.39 is 5.97 Å². The summed E-state index contributed by atoms with van der Waals surface area (Å²) in [4.78, 5) is 14.4. The molecule has 0 aromatic carbocycles. The van der Waals surface area contributed by atoms with Gasteiger partial charge in [-0.3, -0.25) is 4.79 Å². The molecule has 70 valence electrons. The molecule has 0 saturated carbocycles. The van der Waals surface area contributed by atoms with Crippen LogP contribution in [-0.2, 0) is 11.2 Å². The zero-order valence-electron chi connectivity index (χ0n) is 7.57. The summed E-state index contributed by atoms with van der Waals surface area (Å²) in [6.45, 7) is 1.80. The molecule has 0 bridgehead atoms. The summed E-state index contributed by atoms with van der Waals surface area (Å²) in [5, 5.41) is 8.59. The van der Waals surface area contributed by atoms with Crippen LogP contribution in [0.25, 0.3) is 0 Å². The van der Waals surface area contributed by atoms with E-state index in [0.29, 0.717) is 5.88 Å². The highest BCUT2D eigenvalue weighted by atomic mass is 16.5. The summed E-state index contributed by atoms with van der Waals surface area (Å²) in [6.07, 6.45) is 1.55. The van der Waals surface area contributed by atoms with Crippen LogP contribution in [0.5, 0.6) is 5.88 Å². The zero-order chi connectivity index (χ0) is 9.84. The minimum Gasteiger partial charge on any atom is -0.481 e. The van der Waals surface area contributed by atoms with Crippen LogP contribution >= 0.6 is 0 Å². The van der Waals surface area contributed by atoms with E-state index in [0.717, 1.165) is 11.1 Å². The number of carbonyl (C=O) groups is 1. The number of methoxy groups -OCH3 is 1. The Bertz CT molecular complexity index is 323. The molecule has 1 aromatic heterocycles. The molecule has 4 nitrogen and oxygen atoms in total. The highest BCUT2D eigenvalue weighted by Crippen LogP contribution is 2.17. The van der Waals surface area contributed by atoms with Gasteiger partial charge in [0.2, 0.25) is 5.88 Å². The average Bonchev–Trinajstić information content (AvgIpc) is 2.08. The summed E-state index contributed by atoms with van der Waals surface area (Å²) >= 11 is 0. The van der Waals surface area contributed by atoms with E-state index in [9.17, 15) is 4.79 Å². The second kappa shape index (κ2) is 3.89. The molecule has 0 aliphatic heterocycles. The van der Waals surface area contributed by atoms with Crippen molar-refractivity contribution >= 4 is 5.97 Å². The van der Waals surface area contributed by atoms with Gasteiger partial charge in [0.1, 0.15) is 0 Å². The van der Waals surface area contributed by atoms with Crippen LogP contribution in [0.3, 0.4) is 0 Å². The molecular formula is C9H11NO3. The Balaban J connectivity index is 3.01. The molecular weight excluding hydrogens is 170 g/mol. The molecule has 0 aliphatic carbocycles. The normalized spacial score (nSPS) is 9.69. The Morgan fingerprint density at radius 2 is 2.38 bits per heavy atom. The first kappa shape index (κ1) is 9.51. The largest absolute Gasteiger partial charge is 0.481 e. The van der Waals surface area contributed by atoms with Crippen molar-refractivity contribution in [2.24, 2.45) is 0 Å². The van der Waals surface area contributed by atoms with Gasteiger partial charge in [0.25, 0.3) is 0 Å². The van der Waals surface area contributed by atoms with Gasteiger partial charge < -0.3 is 9.84 Å². The number of carboxylic acids is 1. The fourth-order valence-electron chi connectivity index (χ4n) is 1.11. The second-order valence-corrected chi connectivity index (χ2v) is 2.67. The number of ether oxygens (including phenoxy) is 1. The summed E-state index contributed by atoms with van der Waals surface area (Å²) in [7, 11) is 1.51. The summed E-state index contributed by atoms with van der Waals surface area (Å²) in [5.74, 6) is -0.366. The lowest BCUT2D eigenvalue weighted by molar-refractivity contribution is -0.136. The van der Waals surface area contributed by atoms with Crippen molar-refractivity contribution < 1.29 is 14.6 Å². The Morgan fingerprint density at radius 3 is 2.92 bits per heavy atom. The fourth-order valence-corrected chi connectivity index (χ4v) is 1.11. The Hall–Kier alpha value is -1.58. The van der Waals surface area contributed by atoms with Crippen molar-refractivity contribution in [2.45, 2.75) is 13.3 Å². The molecule has 0 saturated heterocycles. The molecule has 1 N–H and O–H groups in total. The van der Waals surface area contributed by atoms with E-state index in [-0.39, 0.29) is 6.42 Å². The highest BCUT2D eigenvalue weighted by Gasteiger charge is 2.08. The van der Waals surface area contributed by atoms with Crippen LogP contribution in [0.4, 0.5) is 0 Å². The Labute approximate surface area is 76.2 Å². The van der Waals surface area contributed by atoms with Gasteiger partial charge in [-0.25, -0.2) is 4.98 Å². The third kappa shape index (κ3) is 2.18. The maximum Gasteiger partial charge on any atom is 0.307 e. The van der Waals surface area contributed by atoms with E-state index in [1.54, 1.807) is 19.2 Å². The van der Waals surface area contributed by atoms with Gasteiger partial charge in [-0.2, -0.15) is 0 Å².